The molecule has 30 heavy (non-hydrogen) atoms. The lowest BCUT2D eigenvalue weighted by molar-refractivity contribution is -0.142. The lowest BCUT2D eigenvalue weighted by Crippen LogP contribution is -2.14. The average molecular weight is 429 g/mol. The van der Waals surface area contributed by atoms with E-state index in [1.54, 1.807) is 43.3 Å². The van der Waals surface area contributed by atoms with Gasteiger partial charge in [0.15, 0.2) is 18.1 Å². The Hall–Kier alpha value is -3.50. The molecule has 0 bridgehead atoms. The highest BCUT2D eigenvalue weighted by atomic mass is 35.5. The second-order valence-electron chi connectivity index (χ2n) is 6.09. The van der Waals surface area contributed by atoms with Crippen LogP contribution in [-0.2, 0) is 14.3 Å². The number of ether oxygens (including phenoxy) is 3. The van der Waals surface area contributed by atoms with Crippen molar-refractivity contribution in [3.8, 4) is 17.6 Å². The van der Waals surface area contributed by atoms with Crippen molar-refractivity contribution < 1.29 is 23.8 Å². The van der Waals surface area contributed by atoms with Gasteiger partial charge >= 0.3 is 5.97 Å². The molecule has 0 saturated carbocycles. The molecule has 0 unspecified atom stereocenters. The molecule has 2 aromatic rings. The number of anilines is 1. The summed E-state index contributed by atoms with van der Waals surface area (Å²) in [7, 11) is 1.27. The van der Waals surface area contributed by atoms with Crippen molar-refractivity contribution in [2.24, 2.45) is 0 Å². The molecule has 2 rings (SSSR count). The number of carbonyl (C=O) groups is 2. The van der Waals surface area contributed by atoms with Crippen LogP contribution in [0.1, 0.15) is 18.1 Å². The normalized spacial score (nSPS) is 10.7. The number of amides is 1. The topological polar surface area (TPSA) is 97.6 Å². The van der Waals surface area contributed by atoms with Crippen LogP contribution in [0.5, 0.6) is 11.5 Å². The minimum atomic E-state index is -0.563. The average Bonchev–Trinajstić information content (AvgIpc) is 2.73. The summed E-state index contributed by atoms with van der Waals surface area (Å²) in [4.78, 5) is 23.8. The molecule has 0 aliphatic heterocycles. The zero-order chi connectivity index (χ0) is 22.1. The number of rotatable bonds is 8. The van der Waals surface area contributed by atoms with Crippen LogP contribution in [0.15, 0.2) is 42.0 Å². The maximum Gasteiger partial charge on any atom is 0.343 e. The minimum absolute atomic E-state index is 0.0972. The first-order chi connectivity index (χ1) is 14.4. The van der Waals surface area contributed by atoms with Gasteiger partial charge in [-0.15, -0.1) is 0 Å². The predicted octanol–water partition coefficient (Wildman–Crippen LogP) is 4.14. The zero-order valence-electron chi connectivity index (χ0n) is 16.8. The fourth-order valence-corrected chi connectivity index (χ4v) is 2.60. The van der Waals surface area contributed by atoms with Crippen molar-refractivity contribution >= 4 is 35.2 Å². The van der Waals surface area contributed by atoms with Crippen molar-refractivity contribution in [2.75, 3.05) is 25.6 Å². The first-order valence-electron chi connectivity index (χ1n) is 9.03. The molecular weight excluding hydrogens is 408 g/mol. The number of methoxy groups -OCH3 is 1. The van der Waals surface area contributed by atoms with E-state index in [1.807, 2.05) is 13.0 Å². The van der Waals surface area contributed by atoms with Crippen LogP contribution in [0.2, 0.25) is 5.02 Å². The van der Waals surface area contributed by atoms with Gasteiger partial charge in [0.1, 0.15) is 11.6 Å². The van der Waals surface area contributed by atoms with Gasteiger partial charge in [0.2, 0.25) is 0 Å². The largest absolute Gasteiger partial charge is 0.490 e. The fraction of sp³-hybridized carbons (Fsp3) is 0.227. The minimum Gasteiger partial charge on any atom is -0.490 e. The van der Waals surface area contributed by atoms with Gasteiger partial charge in [-0.2, -0.15) is 5.26 Å². The first kappa shape index (κ1) is 22.8. The van der Waals surface area contributed by atoms with Crippen LogP contribution in [0.25, 0.3) is 6.08 Å². The third kappa shape index (κ3) is 6.26. The summed E-state index contributed by atoms with van der Waals surface area (Å²) < 4.78 is 15.5. The third-order valence-electron chi connectivity index (χ3n) is 3.96. The molecule has 0 fully saturated rings. The van der Waals surface area contributed by atoms with Gasteiger partial charge in [0.05, 0.1) is 13.7 Å². The van der Waals surface area contributed by atoms with Crippen LogP contribution in [0.4, 0.5) is 5.69 Å². The molecule has 2 aromatic carbocycles. The van der Waals surface area contributed by atoms with Crippen molar-refractivity contribution in [1.82, 2.24) is 0 Å². The fourth-order valence-electron chi connectivity index (χ4n) is 2.43. The Kier molecular flexibility index (Phi) is 8.27. The van der Waals surface area contributed by atoms with Crippen molar-refractivity contribution in [3.05, 3.63) is 58.1 Å². The molecule has 1 N–H and O–H groups in total. The molecule has 0 radical (unpaired) electrons. The van der Waals surface area contributed by atoms with E-state index in [0.717, 1.165) is 5.56 Å². The number of benzene rings is 2. The quantitative estimate of drug-likeness (QED) is 0.385. The van der Waals surface area contributed by atoms with E-state index in [0.29, 0.717) is 34.4 Å². The van der Waals surface area contributed by atoms with Gasteiger partial charge in [-0.25, -0.2) is 4.79 Å². The number of aryl methyl sites for hydroxylation is 1. The van der Waals surface area contributed by atoms with Crippen LogP contribution < -0.4 is 14.8 Å². The molecule has 1 amide bonds. The second-order valence-corrected chi connectivity index (χ2v) is 6.52. The Morgan fingerprint density at radius 1 is 1.17 bits per heavy atom. The standard InChI is InChI=1S/C22H21ClN2O5/c1-4-29-20-10-15(6-8-19(20)30-13-21(26)28-3)9-16(12-24)22(27)25-18-11-17(23)7-5-14(18)2/h5-11H,4,13H2,1-3H3,(H,25,27). The molecular formula is C22H21ClN2O5. The Morgan fingerprint density at radius 2 is 1.93 bits per heavy atom. The summed E-state index contributed by atoms with van der Waals surface area (Å²) in [5.41, 5.74) is 1.80. The third-order valence-corrected chi connectivity index (χ3v) is 4.20. The Balaban J connectivity index is 2.26. The van der Waals surface area contributed by atoms with Crippen molar-refractivity contribution in [2.45, 2.75) is 13.8 Å². The number of nitrogens with zero attached hydrogens (tertiary/aromatic N) is 1. The highest BCUT2D eigenvalue weighted by Gasteiger charge is 2.13. The summed E-state index contributed by atoms with van der Waals surface area (Å²) >= 11 is 5.97. The molecule has 0 atom stereocenters. The molecule has 8 heteroatoms. The van der Waals surface area contributed by atoms with Gasteiger partial charge in [0.25, 0.3) is 5.91 Å². The summed E-state index contributed by atoms with van der Waals surface area (Å²) in [6, 6.07) is 11.9. The number of nitriles is 1. The van der Waals surface area contributed by atoms with Crippen LogP contribution in [0, 0.1) is 18.3 Å². The van der Waals surface area contributed by atoms with Gasteiger partial charge in [-0.3, -0.25) is 4.79 Å². The van der Waals surface area contributed by atoms with E-state index in [9.17, 15) is 14.9 Å². The molecule has 156 valence electrons. The Morgan fingerprint density at radius 3 is 2.60 bits per heavy atom. The van der Waals surface area contributed by atoms with E-state index in [2.05, 4.69) is 10.1 Å². The van der Waals surface area contributed by atoms with Crippen molar-refractivity contribution in [1.29, 1.82) is 5.26 Å². The summed E-state index contributed by atoms with van der Waals surface area (Å²) in [5.74, 6) is -0.372. The number of halogens is 1. The van der Waals surface area contributed by atoms with Crippen LogP contribution in [0.3, 0.4) is 0 Å². The van der Waals surface area contributed by atoms with Gasteiger partial charge in [-0.05, 0) is 55.3 Å². The zero-order valence-corrected chi connectivity index (χ0v) is 17.6. The Bertz CT molecular complexity index is 1010. The first-order valence-corrected chi connectivity index (χ1v) is 9.41. The van der Waals surface area contributed by atoms with E-state index in [4.69, 9.17) is 21.1 Å². The SMILES string of the molecule is CCOc1cc(C=C(C#N)C(=O)Nc2cc(Cl)ccc2C)ccc1OCC(=O)OC. The number of hydrogen-bond donors (Lipinski definition) is 1. The summed E-state index contributed by atoms with van der Waals surface area (Å²) in [6.45, 7) is 3.72. The van der Waals surface area contributed by atoms with Gasteiger partial charge in [0, 0.05) is 10.7 Å². The lowest BCUT2D eigenvalue weighted by Gasteiger charge is -2.12. The number of esters is 1. The molecule has 0 spiro atoms. The predicted molar refractivity (Wildman–Crippen MR) is 114 cm³/mol. The second kappa shape index (κ2) is 10.9. The Labute approximate surface area is 179 Å². The van der Waals surface area contributed by atoms with E-state index in [1.165, 1.54) is 13.2 Å². The molecule has 0 aliphatic rings. The smallest absolute Gasteiger partial charge is 0.343 e. The molecule has 0 aromatic heterocycles. The van der Waals surface area contributed by atoms with Crippen molar-refractivity contribution in [3.63, 3.8) is 0 Å². The van der Waals surface area contributed by atoms with E-state index < -0.39 is 11.9 Å². The van der Waals surface area contributed by atoms with Gasteiger partial charge in [-0.1, -0.05) is 23.7 Å². The maximum atomic E-state index is 12.5. The van der Waals surface area contributed by atoms with Crippen LogP contribution >= 0.6 is 11.6 Å². The lowest BCUT2D eigenvalue weighted by atomic mass is 10.1. The molecule has 0 saturated heterocycles. The molecule has 7 nitrogen and oxygen atoms in total. The summed E-state index contributed by atoms with van der Waals surface area (Å²) in [5, 5.41) is 12.6. The molecule has 0 aliphatic carbocycles. The number of carbonyl (C=O) groups excluding carboxylic acids is 2. The molecule has 0 heterocycles. The highest BCUT2D eigenvalue weighted by molar-refractivity contribution is 6.31. The van der Waals surface area contributed by atoms with E-state index >= 15 is 0 Å². The summed E-state index contributed by atoms with van der Waals surface area (Å²) in [6.07, 6.45) is 1.43. The highest BCUT2D eigenvalue weighted by Crippen LogP contribution is 2.29. The number of nitrogens with one attached hydrogen (secondary N) is 1. The monoisotopic (exact) mass is 428 g/mol. The van der Waals surface area contributed by atoms with Gasteiger partial charge < -0.3 is 19.5 Å². The van der Waals surface area contributed by atoms with E-state index in [-0.39, 0.29) is 12.2 Å². The maximum absolute atomic E-state index is 12.5. The number of hydrogen-bond acceptors (Lipinski definition) is 6. The van der Waals surface area contributed by atoms with Crippen LogP contribution in [-0.4, -0.2) is 32.2 Å².